The molecule has 0 atom stereocenters. The van der Waals surface area contributed by atoms with Crippen LogP contribution < -0.4 is 14.4 Å². The molecule has 0 bridgehead atoms. The molecule has 3 aromatic carbocycles. The van der Waals surface area contributed by atoms with E-state index in [0.717, 1.165) is 9.87 Å². The van der Waals surface area contributed by atoms with Gasteiger partial charge in [0.25, 0.3) is 15.9 Å². The lowest BCUT2D eigenvalue weighted by molar-refractivity contribution is 0.0951. The molecule has 0 aliphatic rings. The van der Waals surface area contributed by atoms with Gasteiger partial charge in [0.1, 0.15) is 5.75 Å². The number of ether oxygens (including phenoxy) is 1. The molecule has 150 valence electrons. The van der Waals surface area contributed by atoms with Crippen molar-refractivity contribution in [2.45, 2.75) is 11.4 Å². The molecule has 3 aromatic rings. The van der Waals surface area contributed by atoms with Gasteiger partial charge in [-0.3, -0.25) is 9.10 Å². The first-order valence-corrected chi connectivity index (χ1v) is 10.4. The topological polar surface area (TPSA) is 75.7 Å². The molecule has 0 radical (unpaired) electrons. The third-order valence-electron chi connectivity index (χ3n) is 4.50. The van der Waals surface area contributed by atoms with Crippen molar-refractivity contribution in [3.63, 3.8) is 0 Å². The van der Waals surface area contributed by atoms with Crippen molar-refractivity contribution in [1.29, 1.82) is 0 Å². The number of nitrogens with zero attached hydrogens (tertiary/aromatic N) is 1. The molecule has 0 aromatic heterocycles. The smallest absolute Gasteiger partial charge is 0.264 e. The van der Waals surface area contributed by atoms with E-state index in [4.69, 9.17) is 4.74 Å². The summed E-state index contributed by atoms with van der Waals surface area (Å²) in [6.07, 6.45) is 0. The van der Waals surface area contributed by atoms with E-state index in [1.807, 2.05) is 30.3 Å². The van der Waals surface area contributed by atoms with Crippen molar-refractivity contribution in [3.8, 4) is 5.75 Å². The van der Waals surface area contributed by atoms with Gasteiger partial charge in [-0.1, -0.05) is 42.5 Å². The van der Waals surface area contributed by atoms with Crippen molar-refractivity contribution in [2.24, 2.45) is 0 Å². The Kier molecular flexibility index (Phi) is 6.19. The van der Waals surface area contributed by atoms with Crippen molar-refractivity contribution < 1.29 is 17.9 Å². The average Bonchev–Trinajstić information content (AvgIpc) is 2.77. The second kappa shape index (κ2) is 8.79. The molecule has 3 rings (SSSR count). The van der Waals surface area contributed by atoms with E-state index in [1.54, 1.807) is 24.3 Å². The number of amides is 1. The summed E-state index contributed by atoms with van der Waals surface area (Å²) < 4.78 is 32.3. The maximum absolute atomic E-state index is 13.0. The first kappa shape index (κ1) is 20.4. The van der Waals surface area contributed by atoms with E-state index >= 15 is 0 Å². The third-order valence-corrected chi connectivity index (χ3v) is 6.28. The Morgan fingerprint density at radius 2 is 1.55 bits per heavy atom. The van der Waals surface area contributed by atoms with Crippen molar-refractivity contribution in [2.75, 3.05) is 18.5 Å². The first-order chi connectivity index (χ1) is 13.9. The molecule has 0 spiro atoms. The molecule has 0 aliphatic carbocycles. The standard InChI is InChI=1S/C22H22N2O4S/c1-24(20-10-6-7-11-21(20)28-2)29(26,27)19-14-12-18(13-15-19)22(25)23-16-17-8-4-3-5-9-17/h3-15H,16H2,1-2H3,(H,23,25). The maximum Gasteiger partial charge on any atom is 0.264 e. The van der Waals surface area contributed by atoms with Crippen molar-refractivity contribution >= 4 is 21.6 Å². The molecule has 1 N–H and O–H groups in total. The van der Waals surface area contributed by atoms with Crippen LogP contribution in [0, 0.1) is 0 Å². The van der Waals surface area contributed by atoms with Gasteiger partial charge in [0.15, 0.2) is 0 Å². The zero-order valence-electron chi connectivity index (χ0n) is 16.2. The van der Waals surface area contributed by atoms with Gasteiger partial charge in [-0.25, -0.2) is 8.42 Å². The SMILES string of the molecule is COc1ccccc1N(C)S(=O)(=O)c1ccc(C(=O)NCc2ccccc2)cc1. The van der Waals surface area contributed by atoms with Gasteiger partial charge in [0, 0.05) is 19.2 Å². The number of carbonyl (C=O) groups is 1. The van der Waals surface area contributed by atoms with Crippen molar-refractivity contribution in [1.82, 2.24) is 5.32 Å². The van der Waals surface area contributed by atoms with Crippen LogP contribution in [0.25, 0.3) is 0 Å². The van der Waals surface area contributed by atoms with Crippen LogP contribution in [0.5, 0.6) is 5.75 Å². The summed E-state index contributed by atoms with van der Waals surface area (Å²) in [6, 6.07) is 22.3. The van der Waals surface area contributed by atoms with Crippen LogP contribution in [0.4, 0.5) is 5.69 Å². The average molecular weight is 410 g/mol. The highest BCUT2D eigenvalue weighted by molar-refractivity contribution is 7.92. The first-order valence-electron chi connectivity index (χ1n) is 8.97. The molecule has 0 heterocycles. The molecule has 0 saturated heterocycles. The third kappa shape index (κ3) is 4.57. The minimum atomic E-state index is -3.80. The molecular weight excluding hydrogens is 388 g/mol. The van der Waals surface area contributed by atoms with Crippen LogP contribution >= 0.6 is 0 Å². The zero-order valence-corrected chi connectivity index (χ0v) is 17.0. The Morgan fingerprint density at radius 3 is 2.21 bits per heavy atom. The number of hydrogen-bond acceptors (Lipinski definition) is 4. The molecule has 1 amide bonds. The highest BCUT2D eigenvalue weighted by atomic mass is 32.2. The fourth-order valence-corrected chi connectivity index (χ4v) is 4.04. The normalized spacial score (nSPS) is 11.0. The Balaban J connectivity index is 1.75. The monoisotopic (exact) mass is 410 g/mol. The lowest BCUT2D eigenvalue weighted by Gasteiger charge is -2.21. The number of benzene rings is 3. The van der Waals surface area contributed by atoms with Crippen LogP contribution in [0.15, 0.2) is 83.8 Å². The summed E-state index contributed by atoms with van der Waals surface area (Å²) in [6.45, 7) is 0.399. The molecule has 0 aliphatic heterocycles. The van der Waals surface area contributed by atoms with E-state index in [1.165, 1.54) is 38.4 Å². The van der Waals surface area contributed by atoms with Crippen LogP contribution in [0.1, 0.15) is 15.9 Å². The second-order valence-corrected chi connectivity index (χ2v) is 8.31. The van der Waals surface area contributed by atoms with E-state index in [-0.39, 0.29) is 10.8 Å². The van der Waals surface area contributed by atoms with Crippen LogP contribution in [0.3, 0.4) is 0 Å². The molecule has 0 fully saturated rings. The predicted molar refractivity (Wildman–Crippen MR) is 113 cm³/mol. The van der Waals surface area contributed by atoms with Gasteiger partial charge in [-0.15, -0.1) is 0 Å². The van der Waals surface area contributed by atoms with Crippen LogP contribution in [-0.4, -0.2) is 28.5 Å². The number of methoxy groups -OCH3 is 1. The van der Waals surface area contributed by atoms with E-state index in [0.29, 0.717) is 23.5 Å². The number of anilines is 1. The van der Waals surface area contributed by atoms with Gasteiger partial charge in [0.05, 0.1) is 17.7 Å². The number of rotatable bonds is 7. The Hall–Kier alpha value is -3.32. The fourth-order valence-electron chi connectivity index (χ4n) is 2.84. The minimum Gasteiger partial charge on any atom is -0.495 e. The summed E-state index contributed by atoms with van der Waals surface area (Å²) in [7, 11) is -0.847. The highest BCUT2D eigenvalue weighted by Gasteiger charge is 2.23. The Labute approximate surface area is 170 Å². The number of nitrogens with one attached hydrogen (secondary N) is 1. The van der Waals surface area contributed by atoms with Crippen LogP contribution in [-0.2, 0) is 16.6 Å². The number of hydrogen-bond donors (Lipinski definition) is 1. The van der Waals surface area contributed by atoms with Gasteiger partial charge in [0.2, 0.25) is 0 Å². The highest BCUT2D eigenvalue weighted by Crippen LogP contribution is 2.30. The van der Waals surface area contributed by atoms with Gasteiger partial charge in [-0.2, -0.15) is 0 Å². The van der Waals surface area contributed by atoms with Gasteiger partial charge < -0.3 is 10.1 Å². The number of sulfonamides is 1. The zero-order chi connectivity index (χ0) is 20.9. The summed E-state index contributed by atoms with van der Waals surface area (Å²) >= 11 is 0. The molecule has 0 unspecified atom stereocenters. The summed E-state index contributed by atoms with van der Waals surface area (Å²) in [5.41, 5.74) is 1.80. The largest absolute Gasteiger partial charge is 0.495 e. The Morgan fingerprint density at radius 1 is 0.931 bits per heavy atom. The molecular formula is C22H22N2O4S. The predicted octanol–water partition coefficient (Wildman–Crippen LogP) is 3.45. The molecule has 0 saturated carbocycles. The fraction of sp³-hybridized carbons (Fsp3) is 0.136. The quantitative estimate of drug-likeness (QED) is 0.647. The van der Waals surface area contributed by atoms with E-state index in [9.17, 15) is 13.2 Å². The van der Waals surface area contributed by atoms with Gasteiger partial charge in [-0.05, 0) is 42.0 Å². The van der Waals surface area contributed by atoms with Gasteiger partial charge >= 0.3 is 0 Å². The minimum absolute atomic E-state index is 0.0884. The summed E-state index contributed by atoms with van der Waals surface area (Å²) in [5, 5.41) is 2.82. The van der Waals surface area contributed by atoms with Crippen molar-refractivity contribution in [3.05, 3.63) is 90.0 Å². The lowest BCUT2D eigenvalue weighted by Crippen LogP contribution is -2.27. The van der Waals surface area contributed by atoms with Crippen LogP contribution in [0.2, 0.25) is 0 Å². The molecule has 29 heavy (non-hydrogen) atoms. The maximum atomic E-state index is 13.0. The molecule has 7 heteroatoms. The summed E-state index contributed by atoms with van der Waals surface area (Å²) in [5.74, 6) is 0.186. The molecule has 6 nitrogen and oxygen atoms in total. The summed E-state index contributed by atoms with van der Waals surface area (Å²) in [4.78, 5) is 12.4. The lowest BCUT2D eigenvalue weighted by atomic mass is 10.2. The second-order valence-electron chi connectivity index (χ2n) is 6.34. The van der Waals surface area contributed by atoms with E-state index in [2.05, 4.69) is 5.32 Å². The number of para-hydroxylation sites is 2. The van der Waals surface area contributed by atoms with E-state index < -0.39 is 10.0 Å². The number of carbonyl (C=O) groups excluding carboxylic acids is 1. The Bertz CT molecular complexity index is 1080.